The van der Waals surface area contributed by atoms with Gasteiger partial charge in [0.15, 0.2) is 11.6 Å². The SMILES string of the molecule is NCCCC(=O)NCc1ccc(Oc2cccnc2)c(F)c1. The maximum absolute atomic E-state index is 14.0. The predicted molar refractivity (Wildman–Crippen MR) is 80.8 cm³/mol. The van der Waals surface area contributed by atoms with Crippen molar-refractivity contribution < 1.29 is 13.9 Å². The van der Waals surface area contributed by atoms with E-state index in [1.165, 1.54) is 18.3 Å². The zero-order chi connectivity index (χ0) is 15.8. The van der Waals surface area contributed by atoms with Crippen LogP contribution in [0.25, 0.3) is 0 Å². The maximum atomic E-state index is 14.0. The van der Waals surface area contributed by atoms with Gasteiger partial charge in [0.05, 0.1) is 6.20 Å². The fourth-order valence-corrected chi connectivity index (χ4v) is 1.82. The molecule has 1 amide bonds. The van der Waals surface area contributed by atoms with Crippen LogP contribution in [-0.4, -0.2) is 17.4 Å². The number of nitrogens with zero attached hydrogens (tertiary/aromatic N) is 1. The number of aromatic nitrogens is 1. The number of hydrogen-bond acceptors (Lipinski definition) is 4. The largest absolute Gasteiger partial charge is 0.453 e. The lowest BCUT2D eigenvalue weighted by Gasteiger charge is -2.09. The molecule has 0 bridgehead atoms. The summed E-state index contributed by atoms with van der Waals surface area (Å²) in [5.41, 5.74) is 6.00. The molecule has 1 heterocycles. The molecule has 5 nitrogen and oxygen atoms in total. The summed E-state index contributed by atoms with van der Waals surface area (Å²) in [6.07, 6.45) is 4.13. The second-order valence-electron chi connectivity index (χ2n) is 4.72. The monoisotopic (exact) mass is 303 g/mol. The molecule has 1 aromatic heterocycles. The van der Waals surface area contributed by atoms with E-state index < -0.39 is 5.82 Å². The van der Waals surface area contributed by atoms with Crippen LogP contribution in [0.3, 0.4) is 0 Å². The number of nitrogens with one attached hydrogen (secondary N) is 1. The average molecular weight is 303 g/mol. The van der Waals surface area contributed by atoms with Crippen LogP contribution in [-0.2, 0) is 11.3 Å². The molecule has 22 heavy (non-hydrogen) atoms. The highest BCUT2D eigenvalue weighted by Crippen LogP contribution is 2.24. The van der Waals surface area contributed by atoms with E-state index in [-0.39, 0.29) is 18.2 Å². The first-order chi connectivity index (χ1) is 10.7. The Bertz CT molecular complexity index is 620. The normalized spacial score (nSPS) is 10.3. The number of amides is 1. The van der Waals surface area contributed by atoms with Gasteiger partial charge in [-0.25, -0.2) is 4.39 Å². The van der Waals surface area contributed by atoms with Crippen LogP contribution in [0.2, 0.25) is 0 Å². The maximum Gasteiger partial charge on any atom is 0.220 e. The lowest BCUT2D eigenvalue weighted by atomic mass is 10.2. The summed E-state index contributed by atoms with van der Waals surface area (Å²) in [7, 11) is 0. The Kier molecular flexibility index (Phi) is 5.85. The second kappa shape index (κ2) is 8.09. The third kappa shape index (κ3) is 4.82. The first-order valence-corrected chi connectivity index (χ1v) is 7.02. The van der Waals surface area contributed by atoms with Gasteiger partial charge in [0.1, 0.15) is 5.75 Å². The molecule has 116 valence electrons. The highest BCUT2D eigenvalue weighted by molar-refractivity contribution is 5.75. The molecule has 0 saturated heterocycles. The molecule has 0 aliphatic rings. The van der Waals surface area contributed by atoms with Crippen molar-refractivity contribution in [2.24, 2.45) is 5.73 Å². The van der Waals surface area contributed by atoms with E-state index in [9.17, 15) is 9.18 Å². The number of carbonyl (C=O) groups is 1. The Labute approximate surface area is 128 Å². The van der Waals surface area contributed by atoms with Crippen molar-refractivity contribution in [2.45, 2.75) is 19.4 Å². The number of carbonyl (C=O) groups excluding carboxylic acids is 1. The molecule has 0 spiro atoms. The van der Waals surface area contributed by atoms with Gasteiger partial charge in [0.25, 0.3) is 0 Å². The minimum absolute atomic E-state index is 0.0958. The highest BCUT2D eigenvalue weighted by Gasteiger charge is 2.07. The summed E-state index contributed by atoms with van der Waals surface area (Å²) < 4.78 is 19.4. The molecule has 0 aliphatic carbocycles. The van der Waals surface area contributed by atoms with Crippen molar-refractivity contribution in [3.05, 3.63) is 54.1 Å². The fraction of sp³-hybridized carbons (Fsp3) is 0.250. The molecule has 0 saturated carbocycles. The van der Waals surface area contributed by atoms with Gasteiger partial charge in [-0.05, 0) is 42.8 Å². The summed E-state index contributed by atoms with van der Waals surface area (Å²) >= 11 is 0. The second-order valence-corrected chi connectivity index (χ2v) is 4.72. The van der Waals surface area contributed by atoms with Gasteiger partial charge < -0.3 is 15.8 Å². The zero-order valence-electron chi connectivity index (χ0n) is 12.1. The quantitative estimate of drug-likeness (QED) is 0.823. The van der Waals surface area contributed by atoms with Gasteiger partial charge in [0.2, 0.25) is 5.91 Å². The first kappa shape index (κ1) is 15.9. The minimum atomic E-state index is -0.488. The van der Waals surface area contributed by atoms with Gasteiger partial charge in [0, 0.05) is 19.2 Å². The Hall–Kier alpha value is -2.47. The van der Waals surface area contributed by atoms with E-state index in [0.717, 1.165) is 0 Å². The Morgan fingerprint density at radius 2 is 2.23 bits per heavy atom. The summed E-state index contributed by atoms with van der Waals surface area (Å²) in [6.45, 7) is 0.746. The standard InChI is InChI=1S/C16H18FN3O2/c17-14-9-12(10-20-16(21)4-1-7-18)5-6-15(14)22-13-3-2-8-19-11-13/h2-3,5-6,8-9,11H,1,4,7,10,18H2,(H,20,21). The predicted octanol–water partition coefficient (Wildman–Crippen LogP) is 2.37. The van der Waals surface area contributed by atoms with Gasteiger partial charge in [-0.1, -0.05) is 6.07 Å². The van der Waals surface area contributed by atoms with Crippen LogP contribution < -0.4 is 15.8 Å². The Morgan fingerprint density at radius 1 is 1.36 bits per heavy atom. The Morgan fingerprint density at radius 3 is 2.91 bits per heavy atom. The van der Waals surface area contributed by atoms with Crippen LogP contribution in [0.5, 0.6) is 11.5 Å². The number of halogens is 1. The Balaban J connectivity index is 1.93. The topological polar surface area (TPSA) is 77.2 Å². The lowest BCUT2D eigenvalue weighted by molar-refractivity contribution is -0.121. The van der Waals surface area contributed by atoms with Gasteiger partial charge in [-0.15, -0.1) is 0 Å². The van der Waals surface area contributed by atoms with Gasteiger partial charge in [-0.3, -0.25) is 9.78 Å². The third-order valence-corrected chi connectivity index (χ3v) is 2.96. The van der Waals surface area contributed by atoms with Crippen LogP contribution in [0, 0.1) is 5.82 Å². The van der Waals surface area contributed by atoms with Crippen molar-refractivity contribution in [1.29, 1.82) is 0 Å². The highest BCUT2D eigenvalue weighted by atomic mass is 19.1. The van der Waals surface area contributed by atoms with Crippen LogP contribution >= 0.6 is 0 Å². The van der Waals surface area contributed by atoms with Crippen LogP contribution in [0.15, 0.2) is 42.7 Å². The molecule has 0 atom stereocenters. The van der Waals surface area contributed by atoms with E-state index in [2.05, 4.69) is 10.3 Å². The summed E-state index contributed by atoms with van der Waals surface area (Å²) in [5.74, 6) is -0.00505. The van der Waals surface area contributed by atoms with Crippen molar-refractivity contribution in [3.63, 3.8) is 0 Å². The van der Waals surface area contributed by atoms with Gasteiger partial charge in [-0.2, -0.15) is 0 Å². The molecule has 0 radical (unpaired) electrons. The molecule has 2 aromatic rings. The van der Waals surface area contributed by atoms with E-state index in [4.69, 9.17) is 10.5 Å². The van der Waals surface area contributed by atoms with Crippen molar-refractivity contribution in [3.8, 4) is 11.5 Å². The van der Waals surface area contributed by atoms with Gasteiger partial charge >= 0.3 is 0 Å². The molecule has 6 heteroatoms. The van der Waals surface area contributed by atoms with Crippen LogP contribution in [0.4, 0.5) is 4.39 Å². The van der Waals surface area contributed by atoms with E-state index >= 15 is 0 Å². The summed E-state index contributed by atoms with van der Waals surface area (Å²) in [4.78, 5) is 15.4. The average Bonchev–Trinajstić information content (AvgIpc) is 2.54. The molecule has 0 fully saturated rings. The van der Waals surface area contributed by atoms with Crippen molar-refractivity contribution in [1.82, 2.24) is 10.3 Å². The number of pyridine rings is 1. The van der Waals surface area contributed by atoms with Crippen molar-refractivity contribution >= 4 is 5.91 Å². The smallest absolute Gasteiger partial charge is 0.220 e. The number of hydrogen-bond donors (Lipinski definition) is 2. The summed E-state index contributed by atoms with van der Waals surface area (Å²) in [5, 5.41) is 2.72. The fourth-order valence-electron chi connectivity index (χ4n) is 1.82. The van der Waals surface area contributed by atoms with Crippen molar-refractivity contribution in [2.75, 3.05) is 6.54 Å². The van der Waals surface area contributed by atoms with Crippen LogP contribution in [0.1, 0.15) is 18.4 Å². The third-order valence-electron chi connectivity index (χ3n) is 2.96. The molecular formula is C16H18FN3O2. The molecular weight excluding hydrogens is 285 g/mol. The van der Waals surface area contributed by atoms with E-state index in [1.807, 2.05) is 0 Å². The minimum Gasteiger partial charge on any atom is -0.453 e. The summed E-state index contributed by atoms with van der Waals surface area (Å²) in [6, 6.07) is 7.98. The zero-order valence-corrected chi connectivity index (χ0v) is 12.1. The lowest BCUT2D eigenvalue weighted by Crippen LogP contribution is -2.23. The molecule has 1 aromatic carbocycles. The number of benzene rings is 1. The van der Waals surface area contributed by atoms with E-state index in [0.29, 0.717) is 30.7 Å². The molecule has 0 unspecified atom stereocenters. The molecule has 2 rings (SSSR count). The molecule has 0 aliphatic heterocycles. The molecule has 3 N–H and O–H groups in total. The van der Waals surface area contributed by atoms with E-state index in [1.54, 1.807) is 24.4 Å². The first-order valence-electron chi connectivity index (χ1n) is 7.02. The number of nitrogens with two attached hydrogens (primary N) is 1. The number of ether oxygens (including phenoxy) is 1. The number of rotatable bonds is 7.